The fourth-order valence-corrected chi connectivity index (χ4v) is 3.79. The highest BCUT2D eigenvalue weighted by Gasteiger charge is 2.13. The van der Waals surface area contributed by atoms with Crippen molar-refractivity contribution in [1.29, 1.82) is 0 Å². The Kier molecular flexibility index (Phi) is 6.53. The summed E-state index contributed by atoms with van der Waals surface area (Å²) in [6.07, 6.45) is 0. The van der Waals surface area contributed by atoms with Gasteiger partial charge in [0.25, 0.3) is 0 Å². The lowest BCUT2D eigenvalue weighted by Gasteiger charge is -2.12. The third-order valence-corrected chi connectivity index (χ3v) is 5.51. The minimum Gasteiger partial charge on any atom is -0.378 e. The first-order valence-corrected chi connectivity index (χ1v) is 10.2. The highest BCUT2D eigenvalue weighted by atomic mass is 32.2. The lowest BCUT2D eigenvalue weighted by molar-refractivity contribution is -0.113. The summed E-state index contributed by atoms with van der Waals surface area (Å²) in [5.41, 5.74) is 4.94. The molecule has 2 N–H and O–H groups in total. The van der Waals surface area contributed by atoms with Gasteiger partial charge in [-0.1, -0.05) is 29.5 Å². The highest BCUT2D eigenvalue weighted by Crippen LogP contribution is 2.23. The molecule has 1 amide bonds. The summed E-state index contributed by atoms with van der Waals surface area (Å²) < 4.78 is 14.8. The van der Waals surface area contributed by atoms with E-state index in [1.807, 2.05) is 32.4 Å². The maximum absolute atomic E-state index is 13.0. The van der Waals surface area contributed by atoms with E-state index in [0.717, 1.165) is 28.3 Å². The third kappa shape index (κ3) is 5.35. The fourth-order valence-electron chi connectivity index (χ4n) is 3.06. The molecule has 0 aliphatic carbocycles. The molecule has 8 heteroatoms. The first-order valence-electron chi connectivity index (χ1n) is 9.21. The SMILES string of the molecule is Cc1cc(C)c(NC(=O)CSc2nnc(CNc3ccc(F)cc3)n2C)c(C)c1. The van der Waals surface area contributed by atoms with E-state index in [0.29, 0.717) is 11.7 Å². The van der Waals surface area contributed by atoms with Gasteiger partial charge < -0.3 is 15.2 Å². The van der Waals surface area contributed by atoms with Crippen molar-refractivity contribution in [2.75, 3.05) is 16.4 Å². The molecule has 152 valence electrons. The number of aromatic nitrogens is 3. The van der Waals surface area contributed by atoms with Crippen LogP contribution in [0.3, 0.4) is 0 Å². The monoisotopic (exact) mass is 413 g/mol. The number of nitrogens with zero attached hydrogens (tertiary/aromatic N) is 3. The van der Waals surface area contributed by atoms with E-state index < -0.39 is 0 Å². The molecule has 6 nitrogen and oxygen atoms in total. The van der Waals surface area contributed by atoms with E-state index in [1.165, 1.54) is 29.5 Å². The number of nitrogens with one attached hydrogen (secondary N) is 2. The molecule has 1 heterocycles. The number of hydrogen-bond donors (Lipinski definition) is 2. The van der Waals surface area contributed by atoms with E-state index in [9.17, 15) is 9.18 Å². The lowest BCUT2D eigenvalue weighted by atomic mass is 10.1. The Bertz CT molecular complexity index is 993. The van der Waals surface area contributed by atoms with E-state index >= 15 is 0 Å². The van der Waals surface area contributed by atoms with Crippen molar-refractivity contribution in [2.45, 2.75) is 32.5 Å². The van der Waals surface area contributed by atoms with Crippen molar-refractivity contribution in [2.24, 2.45) is 7.05 Å². The lowest BCUT2D eigenvalue weighted by Crippen LogP contribution is -2.16. The summed E-state index contributed by atoms with van der Waals surface area (Å²) in [7, 11) is 1.86. The van der Waals surface area contributed by atoms with Crippen LogP contribution in [-0.2, 0) is 18.4 Å². The maximum atomic E-state index is 13.0. The van der Waals surface area contributed by atoms with Crippen molar-refractivity contribution >= 4 is 29.0 Å². The number of thioether (sulfide) groups is 1. The quantitative estimate of drug-likeness (QED) is 0.568. The number of amides is 1. The van der Waals surface area contributed by atoms with Crippen LogP contribution in [0, 0.1) is 26.6 Å². The zero-order valence-corrected chi connectivity index (χ0v) is 17.7. The molecule has 0 unspecified atom stereocenters. The fraction of sp³-hybridized carbons (Fsp3) is 0.286. The predicted octanol–water partition coefficient (Wildman–Crippen LogP) is 4.22. The molecule has 0 saturated heterocycles. The molecule has 0 bridgehead atoms. The minimum absolute atomic E-state index is 0.0842. The Balaban J connectivity index is 1.56. The van der Waals surface area contributed by atoms with Crippen LogP contribution < -0.4 is 10.6 Å². The molecule has 0 spiro atoms. The van der Waals surface area contributed by atoms with Gasteiger partial charge in [-0.15, -0.1) is 10.2 Å². The van der Waals surface area contributed by atoms with Crippen LogP contribution in [0.4, 0.5) is 15.8 Å². The molecule has 0 aliphatic rings. The van der Waals surface area contributed by atoms with Gasteiger partial charge >= 0.3 is 0 Å². The standard InChI is InChI=1S/C21H24FN5OS/c1-13-9-14(2)20(15(3)10-13)24-19(28)12-29-21-26-25-18(27(21)4)11-23-17-7-5-16(22)6-8-17/h5-10,23H,11-12H2,1-4H3,(H,24,28). The van der Waals surface area contributed by atoms with Crippen molar-refractivity contribution < 1.29 is 9.18 Å². The molecule has 0 radical (unpaired) electrons. The molecule has 0 fully saturated rings. The number of carbonyl (C=O) groups excluding carboxylic acids is 1. The minimum atomic E-state index is -0.276. The zero-order chi connectivity index (χ0) is 21.0. The molecular formula is C21H24FN5OS. The van der Waals surface area contributed by atoms with Crippen LogP contribution in [0.1, 0.15) is 22.5 Å². The van der Waals surface area contributed by atoms with Gasteiger partial charge in [-0.3, -0.25) is 4.79 Å². The van der Waals surface area contributed by atoms with Crippen LogP contribution in [-0.4, -0.2) is 26.4 Å². The smallest absolute Gasteiger partial charge is 0.234 e. The van der Waals surface area contributed by atoms with Gasteiger partial charge in [0, 0.05) is 18.4 Å². The van der Waals surface area contributed by atoms with Crippen LogP contribution in [0.5, 0.6) is 0 Å². The Morgan fingerprint density at radius 2 is 1.76 bits per heavy atom. The Labute approximate surface area is 173 Å². The van der Waals surface area contributed by atoms with Crippen molar-refractivity contribution in [3.63, 3.8) is 0 Å². The summed E-state index contributed by atoms with van der Waals surface area (Å²) in [6.45, 7) is 6.47. The van der Waals surface area contributed by atoms with E-state index in [4.69, 9.17) is 0 Å². The summed E-state index contributed by atoms with van der Waals surface area (Å²) >= 11 is 1.33. The van der Waals surface area contributed by atoms with Gasteiger partial charge in [-0.25, -0.2) is 4.39 Å². The molecule has 2 aromatic carbocycles. The first-order chi connectivity index (χ1) is 13.8. The predicted molar refractivity (Wildman–Crippen MR) is 115 cm³/mol. The number of anilines is 2. The second-order valence-corrected chi connectivity index (χ2v) is 7.87. The largest absolute Gasteiger partial charge is 0.378 e. The molecule has 0 aliphatic heterocycles. The summed E-state index contributed by atoms with van der Waals surface area (Å²) in [5, 5.41) is 15.2. The van der Waals surface area contributed by atoms with Crippen LogP contribution in [0.2, 0.25) is 0 Å². The molecule has 0 saturated carbocycles. The van der Waals surface area contributed by atoms with Gasteiger partial charge in [0.05, 0.1) is 12.3 Å². The van der Waals surface area contributed by atoms with Crippen molar-refractivity contribution in [1.82, 2.24) is 14.8 Å². The van der Waals surface area contributed by atoms with Crippen molar-refractivity contribution in [3.05, 3.63) is 64.7 Å². The van der Waals surface area contributed by atoms with Gasteiger partial charge in [0.15, 0.2) is 11.0 Å². The Morgan fingerprint density at radius 3 is 2.41 bits per heavy atom. The summed E-state index contributed by atoms with van der Waals surface area (Å²) in [5.74, 6) is 0.605. The molecule has 1 aromatic heterocycles. The van der Waals surface area contributed by atoms with Gasteiger partial charge in [-0.05, 0) is 56.2 Å². The van der Waals surface area contributed by atoms with Gasteiger partial charge in [-0.2, -0.15) is 0 Å². The molecule has 29 heavy (non-hydrogen) atoms. The van der Waals surface area contributed by atoms with Gasteiger partial charge in [0.1, 0.15) is 5.82 Å². The highest BCUT2D eigenvalue weighted by molar-refractivity contribution is 7.99. The van der Waals surface area contributed by atoms with E-state index in [2.05, 4.69) is 33.0 Å². The van der Waals surface area contributed by atoms with E-state index in [-0.39, 0.29) is 17.5 Å². The number of halogens is 1. The normalized spacial score (nSPS) is 10.8. The topological polar surface area (TPSA) is 71.8 Å². The number of hydrogen-bond acceptors (Lipinski definition) is 5. The summed E-state index contributed by atoms with van der Waals surface area (Å²) in [6, 6.07) is 10.2. The molecular weight excluding hydrogens is 389 g/mol. The zero-order valence-electron chi connectivity index (χ0n) is 16.9. The number of benzene rings is 2. The van der Waals surface area contributed by atoms with Crippen molar-refractivity contribution in [3.8, 4) is 0 Å². The van der Waals surface area contributed by atoms with Gasteiger partial charge in [0.2, 0.25) is 5.91 Å². The molecule has 3 rings (SSSR count). The second kappa shape index (κ2) is 9.09. The van der Waals surface area contributed by atoms with E-state index in [1.54, 1.807) is 12.1 Å². The summed E-state index contributed by atoms with van der Waals surface area (Å²) in [4.78, 5) is 12.4. The maximum Gasteiger partial charge on any atom is 0.234 e. The third-order valence-electron chi connectivity index (χ3n) is 4.49. The Hall–Kier alpha value is -2.87. The number of aryl methyl sites for hydroxylation is 3. The van der Waals surface area contributed by atoms with Crippen LogP contribution in [0.25, 0.3) is 0 Å². The molecule has 0 atom stereocenters. The average molecular weight is 414 g/mol. The Morgan fingerprint density at radius 1 is 1.10 bits per heavy atom. The van der Waals surface area contributed by atoms with Crippen LogP contribution >= 0.6 is 11.8 Å². The second-order valence-electron chi connectivity index (χ2n) is 6.93. The molecule has 3 aromatic rings. The van der Waals surface area contributed by atoms with Crippen LogP contribution in [0.15, 0.2) is 41.6 Å². The number of carbonyl (C=O) groups is 1. The average Bonchev–Trinajstić information content (AvgIpc) is 3.02. The number of rotatable bonds is 7. The first kappa shape index (κ1) is 20.9.